The zero-order valence-corrected chi connectivity index (χ0v) is 10.5. The summed E-state index contributed by atoms with van der Waals surface area (Å²) in [5.74, 6) is 0.861. The quantitative estimate of drug-likeness (QED) is 0.847. The number of pyridine rings is 1. The van der Waals surface area contributed by atoms with E-state index in [-0.39, 0.29) is 6.10 Å². The van der Waals surface area contributed by atoms with E-state index in [4.69, 9.17) is 4.74 Å². The van der Waals surface area contributed by atoms with Gasteiger partial charge in [0.05, 0.1) is 5.69 Å². The van der Waals surface area contributed by atoms with Gasteiger partial charge in [0.2, 0.25) is 0 Å². The molecule has 2 aromatic rings. The van der Waals surface area contributed by atoms with Crippen molar-refractivity contribution in [2.24, 2.45) is 0 Å². The van der Waals surface area contributed by atoms with Crippen LogP contribution in [0.2, 0.25) is 0 Å². The van der Waals surface area contributed by atoms with Gasteiger partial charge in [-0.15, -0.1) is 0 Å². The summed E-state index contributed by atoms with van der Waals surface area (Å²) in [6, 6.07) is 13.7. The van der Waals surface area contributed by atoms with Gasteiger partial charge in [-0.1, -0.05) is 18.2 Å². The van der Waals surface area contributed by atoms with Gasteiger partial charge in [-0.25, -0.2) is 0 Å². The molecular weight excluding hydrogens is 266 g/mol. The minimum Gasteiger partial charge on any atom is -0.484 e. The minimum absolute atomic E-state index is 0.0458. The van der Waals surface area contributed by atoms with Crippen molar-refractivity contribution in [1.29, 1.82) is 0 Å². The smallest absolute Gasteiger partial charge is 0.138 e. The molecule has 1 unspecified atom stereocenters. The van der Waals surface area contributed by atoms with E-state index in [2.05, 4.69) is 20.9 Å². The molecular formula is C13H12BrNO. The molecule has 0 amide bonds. The molecule has 16 heavy (non-hydrogen) atoms. The van der Waals surface area contributed by atoms with Crippen LogP contribution < -0.4 is 4.74 Å². The fourth-order valence-corrected chi connectivity index (χ4v) is 1.63. The first-order chi connectivity index (χ1) is 7.75. The van der Waals surface area contributed by atoms with Gasteiger partial charge in [0.15, 0.2) is 0 Å². The number of rotatable bonds is 3. The minimum atomic E-state index is -0.0458. The van der Waals surface area contributed by atoms with Crippen LogP contribution in [0, 0.1) is 0 Å². The predicted molar refractivity (Wildman–Crippen MR) is 67.4 cm³/mol. The highest BCUT2D eigenvalue weighted by atomic mass is 79.9. The zero-order chi connectivity index (χ0) is 11.4. The van der Waals surface area contributed by atoms with Crippen LogP contribution in [0.5, 0.6) is 5.75 Å². The van der Waals surface area contributed by atoms with Gasteiger partial charge >= 0.3 is 0 Å². The first-order valence-electron chi connectivity index (χ1n) is 5.09. The standard InChI is InChI=1S/C13H12BrNO/c1-10(13-8-7-11(14)9-15-13)16-12-5-3-2-4-6-12/h2-10H,1H3. The Morgan fingerprint density at radius 1 is 1.12 bits per heavy atom. The van der Waals surface area contributed by atoms with Gasteiger partial charge in [0, 0.05) is 10.7 Å². The van der Waals surface area contributed by atoms with E-state index < -0.39 is 0 Å². The Labute approximate surface area is 103 Å². The Morgan fingerprint density at radius 3 is 2.50 bits per heavy atom. The van der Waals surface area contributed by atoms with E-state index in [1.54, 1.807) is 6.20 Å². The molecule has 0 saturated heterocycles. The number of nitrogens with zero attached hydrogens (tertiary/aromatic N) is 1. The van der Waals surface area contributed by atoms with Crippen molar-refractivity contribution >= 4 is 15.9 Å². The van der Waals surface area contributed by atoms with Crippen molar-refractivity contribution < 1.29 is 4.74 Å². The van der Waals surface area contributed by atoms with Crippen molar-refractivity contribution in [3.63, 3.8) is 0 Å². The molecule has 0 aliphatic heterocycles. The van der Waals surface area contributed by atoms with Crippen LogP contribution in [0.1, 0.15) is 18.7 Å². The normalized spacial score (nSPS) is 12.1. The van der Waals surface area contributed by atoms with Crippen molar-refractivity contribution in [3.05, 3.63) is 58.8 Å². The molecule has 0 aliphatic rings. The largest absolute Gasteiger partial charge is 0.484 e. The van der Waals surface area contributed by atoms with Crippen LogP contribution in [0.4, 0.5) is 0 Å². The molecule has 0 aliphatic carbocycles. The number of hydrogen-bond acceptors (Lipinski definition) is 2. The van der Waals surface area contributed by atoms with Gasteiger partial charge in [0.1, 0.15) is 11.9 Å². The Hall–Kier alpha value is -1.35. The molecule has 0 radical (unpaired) electrons. The predicted octanol–water partition coefficient (Wildman–Crippen LogP) is 3.98. The molecule has 0 spiro atoms. The number of halogens is 1. The summed E-state index contributed by atoms with van der Waals surface area (Å²) in [5.41, 5.74) is 0.923. The molecule has 1 aromatic carbocycles. The highest BCUT2D eigenvalue weighted by Gasteiger charge is 2.07. The van der Waals surface area contributed by atoms with Gasteiger partial charge < -0.3 is 4.74 Å². The fraction of sp³-hybridized carbons (Fsp3) is 0.154. The summed E-state index contributed by atoms with van der Waals surface area (Å²) >= 11 is 3.36. The van der Waals surface area contributed by atoms with Crippen LogP contribution in [0.15, 0.2) is 53.1 Å². The van der Waals surface area contributed by atoms with Crippen molar-refractivity contribution in [3.8, 4) is 5.75 Å². The number of benzene rings is 1. The maximum atomic E-state index is 5.76. The molecule has 2 rings (SSSR count). The number of aromatic nitrogens is 1. The lowest BCUT2D eigenvalue weighted by atomic mass is 10.2. The molecule has 82 valence electrons. The number of para-hydroxylation sites is 1. The lowest BCUT2D eigenvalue weighted by molar-refractivity contribution is 0.222. The van der Waals surface area contributed by atoms with E-state index in [0.29, 0.717) is 0 Å². The molecule has 1 heterocycles. The van der Waals surface area contributed by atoms with Crippen LogP contribution >= 0.6 is 15.9 Å². The summed E-state index contributed by atoms with van der Waals surface area (Å²) in [6.45, 7) is 1.99. The molecule has 0 fully saturated rings. The second-order valence-corrected chi connectivity index (χ2v) is 4.39. The first-order valence-corrected chi connectivity index (χ1v) is 5.88. The Kier molecular flexibility index (Phi) is 3.57. The second kappa shape index (κ2) is 5.12. The summed E-state index contributed by atoms with van der Waals surface area (Å²) in [5, 5.41) is 0. The maximum absolute atomic E-state index is 5.76. The summed E-state index contributed by atoms with van der Waals surface area (Å²) < 4.78 is 6.74. The van der Waals surface area contributed by atoms with Crippen molar-refractivity contribution in [2.75, 3.05) is 0 Å². The summed E-state index contributed by atoms with van der Waals surface area (Å²) in [4.78, 5) is 4.30. The fourth-order valence-electron chi connectivity index (χ4n) is 1.39. The monoisotopic (exact) mass is 277 g/mol. The SMILES string of the molecule is CC(Oc1ccccc1)c1ccc(Br)cn1. The van der Waals surface area contributed by atoms with Crippen molar-refractivity contribution in [2.45, 2.75) is 13.0 Å². The van der Waals surface area contributed by atoms with Gasteiger partial charge in [-0.05, 0) is 47.1 Å². The molecule has 0 N–H and O–H groups in total. The molecule has 1 atom stereocenters. The van der Waals surface area contributed by atoms with Crippen LogP contribution in [0.3, 0.4) is 0 Å². The molecule has 0 saturated carbocycles. The lowest BCUT2D eigenvalue weighted by Crippen LogP contribution is -2.04. The average molecular weight is 278 g/mol. The van der Waals surface area contributed by atoms with Crippen LogP contribution in [-0.2, 0) is 0 Å². The van der Waals surface area contributed by atoms with Gasteiger partial charge in [-0.3, -0.25) is 4.98 Å². The Morgan fingerprint density at radius 2 is 1.88 bits per heavy atom. The third kappa shape index (κ3) is 2.83. The third-order valence-electron chi connectivity index (χ3n) is 2.22. The van der Waals surface area contributed by atoms with E-state index >= 15 is 0 Å². The summed E-state index contributed by atoms with van der Waals surface area (Å²) in [6.07, 6.45) is 1.73. The highest BCUT2D eigenvalue weighted by Crippen LogP contribution is 2.20. The van der Waals surface area contributed by atoms with E-state index in [1.807, 2.05) is 49.4 Å². The van der Waals surface area contributed by atoms with Gasteiger partial charge in [0.25, 0.3) is 0 Å². The Bertz CT molecular complexity index is 441. The van der Waals surface area contributed by atoms with E-state index in [1.165, 1.54) is 0 Å². The first kappa shape index (κ1) is 11.1. The highest BCUT2D eigenvalue weighted by molar-refractivity contribution is 9.10. The van der Waals surface area contributed by atoms with Gasteiger partial charge in [-0.2, -0.15) is 0 Å². The maximum Gasteiger partial charge on any atom is 0.138 e. The Balaban J connectivity index is 2.09. The van der Waals surface area contributed by atoms with E-state index in [0.717, 1.165) is 15.9 Å². The molecule has 1 aromatic heterocycles. The lowest BCUT2D eigenvalue weighted by Gasteiger charge is -2.13. The second-order valence-electron chi connectivity index (χ2n) is 3.47. The third-order valence-corrected chi connectivity index (χ3v) is 2.69. The molecule has 2 nitrogen and oxygen atoms in total. The molecule has 0 bridgehead atoms. The van der Waals surface area contributed by atoms with Crippen molar-refractivity contribution in [1.82, 2.24) is 4.98 Å². The van der Waals surface area contributed by atoms with E-state index in [9.17, 15) is 0 Å². The number of hydrogen-bond donors (Lipinski definition) is 0. The zero-order valence-electron chi connectivity index (χ0n) is 8.93. The topological polar surface area (TPSA) is 22.1 Å². The number of ether oxygens (including phenoxy) is 1. The molecule has 3 heteroatoms. The average Bonchev–Trinajstić information content (AvgIpc) is 2.31. The van der Waals surface area contributed by atoms with Crippen LogP contribution in [-0.4, -0.2) is 4.98 Å². The van der Waals surface area contributed by atoms with Crippen LogP contribution in [0.25, 0.3) is 0 Å². The summed E-state index contributed by atoms with van der Waals surface area (Å²) in [7, 11) is 0.